The van der Waals surface area contributed by atoms with Gasteiger partial charge in [0.25, 0.3) is 0 Å². The monoisotopic (exact) mass is 242 g/mol. The number of nitrogens with zero attached hydrogens (tertiary/aromatic N) is 2. The zero-order valence-electron chi connectivity index (χ0n) is 7.46. The largest absolute Gasteiger partial charge is 0.331 e. The summed E-state index contributed by atoms with van der Waals surface area (Å²) in [5.74, 6) is 1.03. The van der Waals surface area contributed by atoms with Crippen molar-refractivity contribution in [1.29, 1.82) is 0 Å². The van der Waals surface area contributed by atoms with Gasteiger partial charge < -0.3 is 9.36 Å². The zero-order valence-corrected chi connectivity index (χ0v) is 9.04. The zero-order chi connectivity index (χ0) is 9.42. The number of aryl methyl sites for hydroxylation is 1. The van der Waals surface area contributed by atoms with Gasteiger partial charge in [-0.2, -0.15) is 0 Å². The maximum atomic E-state index is 10.8. The van der Waals surface area contributed by atoms with Crippen molar-refractivity contribution in [1.82, 2.24) is 9.55 Å². The molecule has 0 amide bonds. The third-order valence-corrected chi connectivity index (χ3v) is 3.15. The van der Waals surface area contributed by atoms with Crippen LogP contribution in [0.25, 0.3) is 0 Å². The third kappa shape index (κ3) is 1.33. The molecule has 2 rings (SSSR count). The van der Waals surface area contributed by atoms with Crippen molar-refractivity contribution in [2.75, 3.05) is 0 Å². The minimum atomic E-state index is 0.0318. The number of aldehydes is 1. The lowest BCUT2D eigenvalue weighted by atomic mass is 9.98. The summed E-state index contributed by atoms with van der Waals surface area (Å²) in [6, 6.07) is 0. The Hall–Kier alpha value is -0.640. The van der Waals surface area contributed by atoms with Crippen molar-refractivity contribution in [2.24, 2.45) is 0 Å². The van der Waals surface area contributed by atoms with Crippen LogP contribution in [0.2, 0.25) is 0 Å². The highest BCUT2D eigenvalue weighted by atomic mass is 79.9. The molecule has 3 nitrogen and oxygen atoms in total. The lowest BCUT2D eigenvalue weighted by Gasteiger charge is -2.20. The first-order valence-electron chi connectivity index (χ1n) is 4.42. The fraction of sp³-hybridized carbons (Fsp3) is 0.556. The fourth-order valence-electron chi connectivity index (χ4n) is 1.92. The smallest absolute Gasteiger partial charge is 0.129 e. The molecule has 4 heteroatoms. The lowest BCUT2D eigenvalue weighted by Crippen LogP contribution is -2.17. The van der Waals surface area contributed by atoms with Crippen LogP contribution in [0, 0.1) is 6.92 Å². The molecule has 0 spiro atoms. The molecule has 0 aliphatic carbocycles. The molecule has 1 unspecified atom stereocenters. The molecule has 1 atom stereocenters. The topological polar surface area (TPSA) is 34.9 Å². The van der Waals surface area contributed by atoms with Crippen LogP contribution in [0.15, 0.2) is 4.60 Å². The van der Waals surface area contributed by atoms with Gasteiger partial charge in [0.1, 0.15) is 16.7 Å². The Bertz CT molecular complexity index is 346. The molecule has 0 aromatic carbocycles. The SMILES string of the molecule is Cc1nc(Br)c2n1CCCC2C=O. The maximum Gasteiger partial charge on any atom is 0.129 e. The van der Waals surface area contributed by atoms with E-state index in [-0.39, 0.29) is 5.92 Å². The van der Waals surface area contributed by atoms with Crippen LogP contribution in [0.4, 0.5) is 0 Å². The van der Waals surface area contributed by atoms with E-state index in [1.165, 1.54) is 0 Å². The minimum Gasteiger partial charge on any atom is -0.331 e. The highest BCUT2D eigenvalue weighted by molar-refractivity contribution is 9.10. The molecule has 1 aromatic rings. The van der Waals surface area contributed by atoms with Crippen LogP contribution < -0.4 is 0 Å². The average molecular weight is 243 g/mol. The Kier molecular flexibility index (Phi) is 2.24. The third-order valence-electron chi connectivity index (χ3n) is 2.57. The molecule has 0 saturated heterocycles. The number of aromatic nitrogens is 2. The number of halogens is 1. The van der Waals surface area contributed by atoms with Crippen molar-refractivity contribution in [3.8, 4) is 0 Å². The summed E-state index contributed by atoms with van der Waals surface area (Å²) in [5, 5.41) is 0. The van der Waals surface area contributed by atoms with Crippen LogP contribution in [0.5, 0.6) is 0 Å². The molecule has 70 valence electrons. The van der Waals surface area contributed by atoms with Crippen molar-refractivity contribution in [2.45, 2.75) is 32.2 Å². The molecule has 2 heterocycles. The number of hydrogen-bond acceptors (Lipinski definition) is 2. The van der Waals surface area contributed by atoms with Crippen LogP contribution in [0.1, 0.15) is 30.3 Å². The van der Waals surface area contributed by atoms with Gasteiger partial charge in [0.15, 0.2) is 0 Å². The Labute approximate surface area is 85.3 Å². The molecule has 0 radical (unpaired) electrons. The van der Waals surface area contributed by atoms with Gasteiger partial charge in [-0.1, -0.05) is 0 Å². The van der Waals surface area contributed by atoms with Gasteiger partial charge in [0, 0.05) is 6.54 Å². The Morgan fingerprint density at radius 1 is 1.69 bits per heavy atom. The molecule has 1 aromatic heterocycles. The summed E-state index contributed by atoms with van der Waals surface area (Å²) in [6.07, 6.45) is 3.05. The molecule has 13 heavy (non-hydrogen) atoms. The second kappa shape index (κ2) is 3.25. The minimum absolute atomic E-state index is 0.0318. The summed E-state index contributed by atoms with van der Waals surface area (Å²) >= 11 is 3.39. The van der Waals surface area contributed by atoms with Crippen molar-refractivity contribution < 1.29 is 4.79 Å². The highest BCUT2D eigenvalue weighted by Gasteiger charge is 2.24. The summed E-state index contributed by atoms with van der Waals surface area (Å²) in [5.41, 5.74) is 1.05. The Morgan fingerprint density at radius 3 is 3.15 bits per heavy atom. The van der Waals surface area contributed by atoms with E-state index in [9.17, 15) is 4.79 Å². The van der Waals surface area contributed by atoms with Gasteiger partial charge in [-0.25, -0.2) is 4.98 Å². The predicted octanol–water partition coefficient (Wildman–Crippen LogP) is 2.03. The Balaban J connectivity index is 2.54. The van der Waals surface area contributed by atoms with Crippen LogP contribution in [-0.2, 0) is 11.3 Å². The first-order valence-corrected chi connectivity index (χ1v) is 5.21. The number of carbonyl (C=O) groups is 1. The van der Waals surface area contributed by atoms with Gasteiger partial charge in [0.2, 0.25) is 0 Å². The summed E-state index contributed by atoms with van der Waals surface area (Å²) in [4.78, 5) is 15.1. The van der Waals surface area contributed by atoms with E-state index in [0.717, 1.165) is 41.8 Å². The summed E-state index contributed by atoms with van der Waals surface area (Å²) in [6.45, 7) is 2.96. The van der Waals surface area contributed by atoms with E-state index in [0.29, 0.717) is 0 Å². The number of carbonyl (C=O) groups excluding carboxylic acids is 1. The molecule has 1 aliphatic heterocycles. The van der Waals surface area contributed by atoms with Gasteiger partial charge in [-0.05, 0) is 35.7 Å². The van der Waals surface area contributed by atoms with Gasteiger partial charge in [-0.3, -0.25) is 0 Å². The average Bonchev–Trinajstić information content (AvgIpc) is 2.43. The van der Waals surface area contributed by atoms with Gasteiger partial charge in [-0.15, -0.1) is 0 Å². The number of hydrogen-bond donors (Lipinski definition) is 0. The van der Waals surface area contributed by atoms with Gasteiger partial charge >= 0.3 is 0 Å². The lowest BCUT2D eigenvalue weighted by molar-refractivity contribution is -0.109. The normalized spacial score (nSPS) is 21.2. The molecular formula is C9H11BrN2O. The Morgan fingerprint density at radius 2 is 2.46 bits per heavy atom. The molecule has 0 saturated carbocycles. The molecule has 1 aliphatic rings. The molecule has 0 N–H and O–H groups in total. The first-order chi connectivity index (χ1) is 6.24. The predicted molar refractivity (Wildman–Crippen MR) is 52.7 cm³/mol. The second-order valence-corrected chi connectivity index (χ2v) is 4.12. The van der Waals surface area contributed by atoms with E-state index >= 15 is 0 Å². The molecule has 0 bridgehead atoms. The summed E-state index contributed by atoms with van der Waals surface area (Å²) < 4.78 is 2.97. The van der Waals surface area contributed by atoms with Gasteiger partial charge in [0.05, 0.1) is 11.6 Å². The fourth-order valence-corrected chi connectivity index (χ4v) is 2.68. The summed E-state index contributed by atoms with van der Waals surface area (Å²) in [7, 11) is 0. The van der Waals surface area contributed by atoms with E-state index in [1.807, 2.05) is 6.92 Å². The van der Waals surface area contributed by atoms with Crippen LogP contribution in [0.3, 0.4) is 0 Å². The standard InChI is InChI=1S/C9H11BrN2O/c1-6-11-9(10)8-7(5-13)3-2-4-12(6)8/h5,7H,2-4H2,1H3. The maximum absolute atomic E-state index is 10.8. The van der Waals surface area contributed by atoms with Crippen molar-refractivity contribution in [3.63, 3.8) is 0 Å². The molecule has 0 fully saturated rings. The highest BCUT2D eigenvalue weighted by Crippen LogP contribution is 2.32. The quantitative estimate of drug-likeness (QED) is 0.707. The number of rotatable bonds is 1. The first kappa shape index (κ1) is 8.94. The van der Waals surface area contributed by atoms with Crippen molar-refractivity contribution >= 4 is 22.2 Å². The van der Waals surface area contributed by atoms with E-state index in [4.69, 9.17) is 0 Å². The van der Waals surface area contributed by atoms with Crippen molar-refractivity contribution in [3.05, 3.63) is 16.1 Å². The number of imidazole rings is 1. The van der Waals surface area contributed by atoms with E-state index in [2.05, 4.69) is 25.5 Å². The van der Waals surface area contributed by atoms with Crippen LogP contribution in [-0.4, -0.2) is 15.8 Å². The van der Waals surface area contributed by atoms with Crippen LogP contribution >= 0.6 is 15.9 Å². The van der Waals surface area contributed by atoms with E-state index in [1.54, 1.807) is 0 Å². The van der Waals surface area contributed by atoms with E-state index < -0.39 is 0 Å². The number of fused-ring (bicyclic) bond motifs is 1. The second-order valence-electron chi connectivity index (χ2n) is 3.37. The molecular weight excluding hydrogens is 232 g/mol.